The minimum Gasteiger partial charge on any atom is -0.508 e. The number of hydrogen-bond donors (Lipinski definition) is 1. The Bertz CT molecular complexity index is 717. The van der Waals surface area contributed by atoms with Crippen LogP contribution in [-0.4, -0.2) is 37.2 Å². The molecule has 2 saturated carbocycles. The third-order valence-corrected chi connectivity index (χ3v) is 7.51. The molecule has 0 bridgehead atoms. The van der Waals surface area contributed by atoms with Crippen LogP contribution in [0, 0.1) is 17.3 Å². The Morgan fingerprint density at radius 2 is 2.07 bits per heavy atom. The van der Waals surface area contributed by atoms with Crippen molar-refractivity contribution in [2.24, 2.45) is 17.3 Å². The van der Waals surface area contributed by atoms with E-state index in [0.717, 1.165) is 38.5 Å². The van der Waals surface area contributed by atoms with Crippen molar-refractivity contribution in [1.29, 1.82) is 0 Å². The number of phenols is 1. The molecule has 5 nitrogen and oxygen atoms in total. The SMILES string of the molecule is CCOCCOC(=O)O[C@@H]1CC[C@H]2[C@@H]3CCc4cc(O)ccc4[C@H]3CC[C@]12C. The van der Waals surface area contributed by atoms with Gasteiger partial charge in [-0.3, -0.25) is 0 Å². The van der Waals surface area contributed by atoms with Crippen LogP contribution in [0.1, 0.15) is 63.0 Å². The van der Waals surface area contributed by atoms with Crippen molar-refractivity contribution in [3.63, 3.8) is 0 Å². The first-order valence-corrected chi connectivity index (χ1v) is 10.8. The van der Waals surface area contributed by atoms with Crippen molar-refractivity contribution >= 4 is 6.16 Å². The maximum atomic E-state index is 12.1. The van der Waals surface area contributed by atoms with Crippen molar-refractivity contribution in [2.45, 2.75) is 64.4 Å². The van der Waals surface area contributed by atoms with Gasteiger partial charge in [0.15, 0.2) is 0 Å². The van der Waals surface area contributed by atoms with Gasteiger partial charge in [-0.15, -0.1) is 0 Å². The van der Waals surface area contributed by atoms with Gasteiger partial charge in [0.25, 0.3) is 0 Å². The van der Waals surface area contributed by atoms with Crippen molar-refractivity contribution in [3.8, 4) is 5.75 Å². The fourth-order valence-electron chi connectivity index (χ4n) is 6.19. The van der Waals surface area contributed by atoms with E-state index >= 15 is 0 Å². The Hall–Kier alpha value is -1.75. The highest BCUT2D eigenvalue weighted by Gasteiger charge is 2.56. The van der Waals surface area contributed by atoms with E-state index in [4.69, 9.17) is 14.2 Å². The summed E-state index contributed by atoms with van der Waals surface area (Å²) in [6, 6.07) is 5.90. The maximum absolute atomic E-state index is 12.1. The van der Waals surface area contributed by atoms with E-state index in [1.807, 2.05) is 19.1 Å². The number of carbonyl (C=O) groups is 1. The molecular weight excluding hydrogens is 356 g/mol. The predicted molar refractivity (Wildman–Crippen MR) is 105 cm³/mol. The molecule has 0 aromatic heterocycles. The molecule has 5 heteroatoms. The molecule has 1 aromatic rings. The Labute approximate surface area is 167 Å². The van der Waals surface area contributed by atoms with E-state index in [1.54, 1.807) is 0 Å². The molecular formula is C23H32O5. The molecule has 4 rings (SSSR count). The molecule has 1 N–H and O–H groups in total. The van der Waals surface area contributed by atoms with Crippen LogP contribution in [0.3, 0.4) is 0 Å². The van der Waals surface area contributed by atoms with Gasteiger partial charge < -0.3 is 19.3 Å². The zero-order valence-corrected chi connectivity index (χ0v) is 17.0. The third-order valence-electron chi connectivity index (χ3n) is 7.51. The van der Waals surface area contributed by atoms with E-state index < -0.39 is 6.16 Å². The molecule has 0 heterocycles. The Morgan fingerprint density at radius 3 is 2.89 bits per heavy atom. The summed E-state index contributed by atoms with van der Waals surface area (Å²) in [7, 11) is 0. The minimum absolute atomic E-state index is 0.0362. The number of hydrogen-bond acceptors (Lipinski definition) is 5. The van der Waals surface area contributed by atoms with Gasteiger partial charge in [0.05, 0.1) is 6.61 Å². The molecule has 5 atom stereocenters. The second-order valence-corrected chi connectivity index (χ2v) is 8.82. The number of fused-ring (bicyclic) bond motifs is 5. The number of rotatable bonds is 5. The smallest absolute Gasteiger partial charge is 0.508 e. The molecule has 3 aliphatic carbocycles. The maximum Gasteiger partial charge on any atom is 0.508 e. The highest BCUT2D eigenvalue weighted by Crippen LogP contribution is 2.61. The van der Waals surface area contributed by atoms with Gasteiger partial charge in [0.2, 0.25) is 0 Å². The first kappa shape index (κ1) is 19.6. The van der Waals surface area contributed by atoms with Crippen molar-refractivity contribution in [2.75, 3.05) is 19.8 Å². The molecule has 0 amide bonds. The second-order valence-electron chi connectivity index (χ2n) is 8.82. The molecule has 154 valence electrons. The van der Waals surface area contributed by atoms with Gasteiger partial charge in [0.1, 0.15) is 18.5 Å². The molecule has 0 unspecified atom stereocenters. The molecule has 28 heavy (non-hydrogen) atoms. The summed E-state index contributed by atoms with van der Waals surface area (Å²) < 4.78 is 16.2. The summed E-state index contributed by atoms with van der Waals surface area (Å²) in [6.45, 7) is 5.50. The van der Waals surface area contributed by atoms with Crippen LogP contribution < -0.4 is 0 Å². The van der Waals surface area contributed by atoms with Crippen LogP contribution in [0.4, 0.5) is 4.79 Å². The van der Waals surface area contributed by atoms with Crippen LogP contribution in [0.5, 0.6) is 5.75 Å². The van der Waals surface area contributed by atoms with Crippen molar-refractivity contribution < 1.29 is 24.1 Å². The van der Waals surface area contributed by atoms with Gasteiger partial charge >= 0.3 is 6.16 Å². The largest absolute Gasteiger partial charge is 0.508 e. The molecule has 2 fully saturated rings. The highest BCUT2D eigenvalue weighted by atomic mass is 16.7. The number of carbonyl (C=O) groups excluding carboxylic acids is 1. The lowest BCUT2D eigenvalue weighted by Crippen LogP contribution is -2.45. The molecule has 1 aromatic carbocycles. The first-order chi connectivity index (χ1) is 13.5. The average Bonchev–Trinajstić information content (AvgIpc) is 3.01. The number of ether oxygens (including phenoxy) is 3. The Balaban J connectivity index is 1.42. The fraction of sp³-hybridized carbons (Fsp3) is 0.696. The van der Waals surface area contributed by atoms with Crippen molar-refractivity contribution in [3.05, 3.63) is 29.3 Å². The summed E-state index contributed by atoms with van der Waals surface area (Å²) in [5.41, 5.74) is 2.78. The van der Waals surface area contributed by atoms with Crippen molar-refractivity contribution in [1.82, 2.24) is 0 Å². The number of aromatic hydroxyl groups is 1. The third kappa shape index (κ3) is 3.49. The molecule has 3 aliphatic rings. The van der Waals surface area contributed by atoms with E-state index in [1.165, 1.54) is 11.1 Å². The summed E-state index contributed by atoms with van der Waals surface area (Å²) in [6.07, 6.45) is 5.80. The van der Waals surface area contributed by atoms with Crippen LogP contribution >= 0.6 is 0 Å². The summed E-state index contributed by atoms with van der Waals surface area (Å²) >= 11 is 0. The number of phenolic OH excluding ortho intramolecular Hbond substituents is 1. The lowest BCUT2D eigenvalue weighted by molar-refractivity contribution is -0.0579. The van der Waals surface area contributed by atoms with Gasteiger partial charge in [-0.2, -0.15) is 0 Å². The van der Waals surface area contributed by atoms with E-state index in [9.17, 15) is 9.90 Å². The average molecular weight is 389 g/mol. The zero-order valence-electron chi connectivity index (χ0n) is 17.0. The summed E-state index contributed by atoms with van der Waals surface area (Å²) in [5, 5.41) is 9.82. The topological polar surface area (TPSA) is 65.0 Å². The van der Waals surface area contributed by atoms with Gasteiger partial charge in [0, 0.05) is 12.0 Å². The lowest BCUT2D eigenvalue weighted by Gasteiger charge is -2.50. The minimum atomic E-state index is -0.557. The monoisotopic (exact) mass is 388 g/mol. The van der Waals surface area contributed by atoms with Gasteiger partial charge in [-0.1, -0.05) is 13.0 Å². The van der Waals surface area contributed by atoms with Crippen LogP contribution in [-0.2, 0) is 20.6 Å². The summed E-state index contributed by atoms with van der Waals surface area (Å²) in [5.74, 6) is 2.15. The van der Waals surface area contributed by atoms with Crippen LogP contribution in [0.25, 0.3) is 0 Å². The zero-order chi connectivity index (χ0) is 19.7. The fourth-order valence-corrected chi connectivity index (χ4v) is 6.19. The quantitative estimate of drug-likeness (QED) is 0.579. The Morgan fingerprint density at radius 1 is 1.21 bits per heavy atom. The first-order valence-electron chi connectivity index (χ1n) is 10.8. The molecule has 0 radical (unpaired) electrons. The molecule has 0 spiro atoms. The van der Waals surface area contributed by atoms with E-state index in [0.29, 0.717) is 36.7 Å². The summed E-state index contributed by atoms with van der Waals surface area (Å²) in [4.78, 5) is 12.1. The Kier molecular flexibility index (Phi) is 5.55. The standard InChI is InChI=1S/C23H32O5/c1-3-26-12-13-27-22(25)28-21-9-8-20-19-6-4-15-14-16(24)5-7-17(15)18(19)10-11-23(20,21)2/h5,7,14,18-21,24H,3-4,6,8-13H2,1-2H3/t18-,19-,20+,21-,23+/m1/s1. The van der Waals surface area contributed by atoms with E-state index in [2.05, 4.69) is 13.0 Å². The predicted octanol–water partition coefficient (Wildman–Crippen LogP) is 4.81. The molecule has 0 saturated heterocycles. The normalized spacial score (nSPS) is 33.5. The lowest BCUT2D eigenvalue weighted by atomic mass is 9.55. The van der Waals surface area contributed by atoms with Crippen LogP contribution in [0.15, 0.2) is 18.2 Å². The van der Waals surface area contributed by atoms with E-state index in [-0.39, 0.29) is 18.1 Å². The second kappa shape index (κ2) is 7.94. The van der Waals surface area contributed by atoms with Gasteiger partial charge in [-0.05, 0) is 86.5 Å². The van der Waals surface area contributed by atoms with Gasteiger partial charge in [-0.25, -0.2) is 4.79 Å². The highest BCUT2D eigenvalue weighted by molar-refractivity contribution is 5.60. The molecule has 0 aliphatic heterocycles. The number of benzene rings is 1. The van der Waals surface area contributed by atoms with Crippen LogP contribution in [0.2, 0.25) is 0 Å². The number of aryl methyl sites for hydroxylation is 1.